The van der Waals surface area contributed by atoms with Gasteiger partial charge in [-0.15, -0.1) is 0 Å². The van der Waals surface area contributed by atoms with E-state index in [9.17, 15) is 9.59 Å². The molecule has 1 aliphatic heterocycles. The summed E-state index contributed by atoms with van der Waals surface area (Å²) in [5, 5.41) is 2.85. The number of carbonyl (C=O) groups excluding carboxylic acids is 2. The summed E-state index contributed by atoms with van der Waals surface area (Å²) >= 11 is 0. The summed E-state index contributed by atoms with van der Waals surface area (Å²) in [6, 6.07) is 7.32. The molecule has 20 heavy (non-hydrogen) atoms. The highest BCUT2D eigenvalue weighted by Crippen LogP contribution is 2.25. The number of amides is 2. The molecule has 1 aromatic rings. The minimum Gasteiger partial charge on any atom is -0.352 e. The summed E-state index contributed by atoms with van der Waals surface area (Å²) in [7, 11) is 0. The van der Waals surface area contributed by atoms with Gasteiger partial charge in [-0.2, -0.15) is 0 Å². The molecule has 1 N–H and O–H groups in total. The Morgan fingerprint density at radius 3 is 2.60 bits per heavy atom. The summed E-state index contributed by atoms with van der Waals surface area (Å²) < 4.78 is 0. The van der Waals surface area contributed by atoms with Crippen molar-refractivity contribution in [1.29, 1.82) is 0 Å². The Morgan fingerprint density at radius 2 is 2.00 bits per heavy atom. The van der Waals surface area contributed by atoms with Crippen molar-refractivity contribution >= 4 is 11.8 Å². The molecule has 1 atom stereocenters. The topological polar surface area (TPSA) is 49.4 Å². The molecule has 1 fully saturated rings. The van der Waals surface area contributed by atoms with Crippen LogP contribution in [0.15, 0.2) is 24.3 Å². The van der Waals surface area contributed by atoms with Crippen LogP contribution < -0.4 is 5.32 Å². The molecular formula is C16H22N2O2. The number of carbonyl (C=O) groups is 2. The lowest BCUT2D eigenvalue weighted by molar-refractivity contribution is -0.144. The Bertz CT molecular complexity index is 494. The van der Waals surface area contributed by atoms with E-state index in [1.807, 2.05) is 45.0 Å². The minimum atomic E-state index is -0.490. The fourth-order valence-electron chi connectivity index (χ4n) is 2.48. The Kier molecular flexibility index (Phi) is 4.42. The predicted octanol–water partition coefficient (Wildman–Crippen LogP) is 2.04. The van der Waals surface area contributed by atoms with Crippen molar-refractivity contribution in [2.45, 2.75) is 33.2 Å². The van der Waals surface area contributed by atoms with Crippen LogP contribution in [0.5, 0.6) is 0 Å². The fourth-order valence-corrected chi connectivity index (χ4v) is 2.48. The zero-order valence-corrected chi connectivity index (χ0v) is 12.3. The van der Waals surface area contributed by atoms with Crippen molar-refractivity contribution in [3.8, 4) is 0 Å². The zero-order valence-electron chi connectivity index (χ0n) is 12.3. The van der Waals surface area contributed by atoms with Crippen molar-refractivity contribution in [3.05, 3.63) is 35.4 Å². The molecule has 0 saturated carbocycles. The van der Waals surface area contributed by atoms with E-state index in [4.69, 9.17) is 0 Å². The maximum atomic E-state index is 12.4. The lowest BCUT2D eigenvalue weighted by atomic mass is 9.99. The average molecular weight is 274 g/mol. The fraction of sp³-hybridized carbons (Fsp3) is 0.500. The van der Waals surface area contributed by atoms with Crippen LogP contribution in [0.1, 0.15) is 37.4 Å². The molecule has 1 aliphatic rings. The molecule has 1 heterocycles. The molecule has 0 bridgehead atoms. The number of rotatable bonds is 3. The highest BCUT2D eigenvalue weighted by molar-refractivity contribution is 5.89. The van der Waals surface area contributed by atoms with E-state index >= 15 is 0 Å². The van der Waals surface area contributed by atoms with Crippen molar-refractivity contribution in [2.24, 2.45) is 5.92 Å². The average Bonchev–Trinajstić information content (AvgIpc) is 2.39. The van der Waals surface area contributed by atoms with E-state index in [2.05, 4.69) is 5.32 Å². The van der Waals surface area contributed by atoms with Crippen LogP contribution in [0.25, 0.3) is 0 Å². The van der Waals surface area contributed by atoms with Crippen LogP contribution in [0.4, 0.5) is 0 Å². The second kappa shape index (κ2) is 6.07. The Hall–Kier alpha value is -1.84. The van der Waals surface area contributed by atoms with E-state index in [-0.39, 0.29) is 11.8 Å². The van der Waals surface area contributed by atoms with Crippen molar-refractivity contribution < 1.29 is 9.59 Å². The van der Waals surface area contributed by atoms with Crippen LogP contribution in [0.3, 0.4) is 0 Å². The van der Waals surface area contributed by atoms with Gasteiger partial charge in [-0.05, 0) is 18.4 Å². The van der Waals surface area contributed by atoms with Gasteiger partial charge in [-0.1, -0.05) is 43.7 Å². The van der Waals surface area contributed by atoms with Crippen molar-refractivity contribution in [3.63, 3.8) is 0 Å². The van der Waals surface area contributed by atoms with E-state index in [0.717, 1.165) is 11.1 Å². The van der Waals surface area contributed by atoms with Crippen LogP contribution in [-0.4, -0.2) is 29.8 Å². The number of piperazine rings is 1. The molecule has 1 unspecified atom stereocenters. The smallest absolute Gasteiger partial charge is 0.247 e. The molecule has 0 radical (unpaired) electrons. The third-order valence-corrected chi connectivity index (χ3v) is 3.51. The Balaban J connectivity index is 2.26. The first-order valence-electron chi connectivity index (χ1n) is 7.13. The first-order chi connectivity index (χ1) is 9.49. The normalized spacial score (nSPS) is 19.1. The quantitative estimate of drug-likeness (QED) is 0.917. The number of hydrogen-bond acceptors (Lipinski definition) is 2. The molecule has 4 nitrogen and oxygen atoms in total. The lowest BCUT2D eigenvalue weighted by Crippen LogP contribution is -2.52. The molecule has 108 valence electrons. The van der Waals surface area contributed by atoms with E-state index in [1.54, 1.807) is 4.90 Å². The second-order valence-electron chi connectivity index (χ2n) is 5.79. The Labute approximate surface area is 120 Å². The van der Waals surface area contributed by atoms with Crippen LogP contribution in [0.2, 0.25) is 0 Å². The standard InChI is InChI=1S/C16H22N2O2/c1-11(2)10-14(19)18-9-8-17-16(20)15(18)13-6-4-12(3)5-7-13/h4-7,11,15H,8-10H2,1-3H3,(H,17,20). The van der Waals surface area contributed by atoms with E-state index in [1.165, 1.54) is 0 Å². The third kappa shape index (κ3) is 3.18. The van der Waals surface area contributed by atoms with E-state index in [0.29, 0.717) is 25.4 Å². The van der Waals surface area contributed by atoms with Gasteiger partial charge in [-0.25, -0.2) is 0 Å². The third-order valence-electron chi connectivity index (χ3n) is 3.51. The van der Waals surface area contributed by atoms with Crippen LogP contribution in [-0.2, 0) is 9.59 Å². The van der Waals surface area contributed by atoms with Gasteiger partial charge in [0.05, 0.1) is 0 Å². The minimum absolute atomic E-state index is 0.0559. The van der Waals surface area contributed by atoms with Crippen LogP contribution >= 0.6 is 0 Å². The van der Waals surface area contributed by atoms with Crippen LogP contribution in [0, 0.1) is 12.8 Å². The molecule has 2 rings (SSSR count). The SMILES string of the molecule is Cc1ccc(C2C(=O)NCCN2C(=O)CC(C)C)cc1. The van der Waals surface area contributed by atoms with Gasteiger partial charge in [0.15, 0.2) is 0 Å². The number of hydrogen-bond donors (Lipinski definition) is 1. The Morgan fingerprint density at radius 1 is 1.35 bits per heavy atom. The summed E-state index contributed by atoms with van der Waals surface area (Å²) in [6.07, 6.45) is 0.482. The van der Waals surface area contributed by atoms with Gasteiger partial charge in [-0.3, -0.25) is 9.59 Å². The monoisotopic (exact) mass is 274 g/mol. The first-order valence-corrected chi connectivity index (χ1v) is 7.13. The molecule has 0 aliphatic carbocycles. The molecule has 0 aromatic heterocycles. The van der Waals surface area contributed by atoms with Gasteiger partial charge in [0.2, 0.25) is 11.8 Å². The molecule has 2 amide bonds. The first kappa shape index (κ1) is 14.6. The van der Waals surface area contributed by atoms with Gasteiger partial charge in [0, 0.05) is 19.5 Å². The number of nitrogens with one attached hydrogen (secondary N) is 1. The molecule has 0 spiro atoms. The zero-order chi connectivity index (χ0) is 14.7. The maximum absolute atomic E-state index is 12.4. The molecular weight excluding hydrogens is 252 g/mol. The largest absolute Gasteiger partial charge is 0.352 e. The van der Waals surface area contributed by atoms with Gasteiger partial charge in [0.25, 0.3) is 0 Å². The maximum Gasteiger partial charge on any atom is 0.247 e. The molecule has 1 saturated heterocycles. The molecule has 1 aromatic carbocycles. The number of benzene rings is 1. The molecule has 4 heteroatoms. The van der Waals surface area contributed by atoms with E-state index < -0.39 is 6.04 Å². The van der Waals surface area contributed by atoms with Crippen molar-refractivity contribution in [2.75, 3.05) is 13.1 Å². The van der Waals surface area contributed by atoms with Gasteiger partial charge >= 0.3 is 0 Å². The second-order valence-corrected chi connectivity index (χ2v) is 5.79. The van der Waals surface area contributed by atoms with Gasteiger partial charge in [0.1, 0.15) is 6.04 Å². The summed E-state index contributed by atoms with van der Waals surface area (Å²) in [5.74, 6) is 0.267. The highest BCUT2D eigenvalue weighted by Gasteiger charge is 2.34. The summed E-state index contributed by atoms with van der Waals surface area (Å²) in [5.41, 5.74) is 2.02. The number of nitrogens with zero attached hydrogens (tertiary/aromatic N) is 1. The predicted molar refractivity (Wildman–Crippen MR) is 78.1 cm³/mol. The van der Waals surface area contributed by atoms with Gasteiger partial charge < -0.3 is 10.2 Å². The van der Waals surface area contributed by atoms with Crippen molar-refractivity contribution in [1.82, 2.24) is 10.2 Å². The lowest BCUT2D eigenvalue weighted by Gasteiger charge is -2.35. The highest BCUT2D eigenvalue weighted by atomic mass is 16.2. The number of aryl methyl sites for hydroxylation is 1. The summed E-state index contributed by atoms with van der Waals surface area (Å²) in [4.78, 5) is 26.2. The summed E-state index contributed by atoms with van der Waals surface area (Å²) in [6.45, 7) is 7.15.